The predicted octanol–water partition coefficient (Wildman–Crippen LogP) is 3.25. The zero-order valence-corrected chi connectivity index (χ0v) is 13.8. The molecule has 0 unspecified atom stereocenters. The van der Waals surface area contributed by atoms with Crippen LogP contribution in [0, 0.1) is 26.7 Å². The molecule has 1 aromatic carbocycles. The maximum Gasteiger partial charge on any atom is 0.243 e. The van der Waals surface area contributed by atoms with Crippen LogP contribution in [-0.4, -0.2) is 18.4 Å². The van der Waals surface area contributed by atoms with Gasteiger partial charge in [0.25, 0.3) is 0 Å². The molecule has 1 aromatic rings. The second-order valence-corrected chi connectivity index (χ2v) is 6.37. The number of carbonyl (C=O) groups is 2. The Kier molecular flexibility index (Phi) is 5.58. The number of amides is 2. The zero-order valence-electron chi connectivity index (χ0n) is 13.8. The smallest absolute Gasteiger partial charge is 0.243 e. The number of hydrogen-bond donors (Lipinski definition) is 2. The van der Waals surface area contributed by atoms with Gasteiger partial charge in [0.2, 0.25) is 11.8 Å². The van der Waals surface area contributed by atoms with Gasteiger partial charge in [-0.25, -0.2) is 0 Å². The molecule has 4 heteroatoms. The first-order chi connectivity index (χ1) is 10.5. The molecule has 120 valence electrons. The third-order valence-electron chi connectivity index (χ3n) is 4.34. The number of anilines is 1. The van der Waals surface area contributed by atoms with E-state index in [1.807, 2.05) is 32.9 Å². The highest BCUT2D eigenvalue weighted by Crippen LogP contribution is 2.24. The maximum absolute atomic E-state index is 12.1. The monoisotopic (exact) mass is 302 g/mol. The quantitative estimate of drug-likeness (QED) is 0.897. The number of carbonyl (C=O) groups excluding carboxylic acids is 2. The fraction of sp³-hybridized carbons (Fsp3) is 0.556. The second-order valence-electron chi connectivity index (χ2n) is 6.37. The standard InChI is InChI=1S/C18H26N2O2/c1-12-9-13(2)17(14(3)10-12)20-16(21)11-19-18(22)15-7-5-4-6-8-15/h9-10,15H,4-8,11H2,1-3H3,(H,19,22)(H,20,21). The van der Waals surface area contributed by atoms with Gasteiger partial charge in [-0.15, -0.1) is 0 Å². The summed E-state index contributed by atoms with van der Waals surface area (Å²) in [6.07, 6.45) is 5.35. The molecule has 4 nitrogen and oxygen atoms in total. The fourth-order valence-electron chi connectivity index (χ4n) is 3.24. The summed E-state index contributed by atoms with van der Waals surface area (Å²) < 4.78 is 0. The molecule has 1 fully saturated rings. The van der Waals surface area contributed by atoms with Gasteiger partial charge >= 0.3 is 0 Å². The topological polar surface area (TPSA) is 58.2 Å². The van der Waals surface area contributed by atoms with Crippen LogP contribution in [0.4, 0.5) is 5.69 Å². The summed E-state index contributed by atoms with van der Waals surface area (Å²) in [5, 5.41) is 5.68. The van der Waals surface area contributed by atoms with Gasteiger partial charge in [0.15, 0.2) is 0 Å². The summed E-state index contributed by atoms with van der Waals surface area (Å²) in [4.78, 5) is 24.1. The van der Waals surface area contributed by atoms with Gasteiger partial charge in [0.1, 0.15) is 0 Å². The van der Waals surface area contributed by atoms with E-state index in [9.17, 15) is 9.59 Å². The predicted molar refractivity (Wildman–Crippen MR) is 88.9 cm³/mol. The molecule has 0 spiro atoms. The van der Waals surface area contributed by atoms with Crippen molar-refractivity contribution >= 4 is 17.5 Å². The van der Waals surface area contributed by atoms with Crippen LogP contribution < -0.4 is 10.6 Å². The molecule has 1 aliphatic rings. The molecule has 1 saturated carbocycles. The van der Waals surface area contributed by atoms with Crippen molar-refractivity contribution in [3.05, 3.63) is 28.8 Å². The number of nitrogens with one attached hydrogen (secondary N) is 2. The Labute approximate surface area is 132 Å². The Hall–Kier alpha value is -1.84. The van der Waals surface area contributed by atoms with E-state index >= 15 is 0 Å². The average Bonchev–Trinajstić information content (AvgIpc) is 2.49. The molecular formula is C18H26N2O2. The molecule has 0 saturated heterocycles. The minimum absolute atomic E-state index is 0.0206. The van der Waals surface area contributed by atoms with Crippen LogP contribution in [-0.2, 0) is 9.59 Å². The van der Waals surface area contributed by atoms with Gasteiger partial charge in [-0.3, -0.25) is 9.59 Å². The number of rotatable bonds is 4. The first-order valence-electron chi connectivity index (χ1n) is 8.13. The summed E-state index contributed by atoms with van der Waals surface area (Å²) in [6, 6.07) is 4.09. The van der Waals surface area contributed by atoms with Gasteiger partial charge in [-0.2, -0.15) is 0 Å². The van der Waals surface area contributed by atoms with Crippen LogP contribution in [0.15, 0.2) is 12.1 Å². The van der Waals surface area contributed by atoms with Crippen molar-refractivity contribution in [2.75, 3.05) is 11.9 Å². The lowest BCUT2D eigenvalue weighted by atomic mass is 9.89. The third-order valence-corrected chi connectivity index (χ3v) is 4.34. The average molecular weight is 302 g/mol. The van der Waals surface area contributed by atoms with Crippen LogP contribution in [0.1, 0.15) is 48.8 Å². The van der Waals surface area contributed by atoms with E-state index in [2.05, 4.69) is 10.6 Å². The van der Waals surface area contributed by atoms with E-state index in [1.54, 1.807) is 0 Å². The first kappa shape index (κ1) is 16.5. The van der Waals surface area contributed by atoms with E-state index in [1.165, 1.54) is 12.0 Å². The second kappa shape index (κ2) is 7.43. The summed E-state index contributed by atoms with van der Waals surface area (Å²) in [5.74, 6) is -0.0594. The van der Waals surface area contributed by atoms with Crippen LogP contribution in [0.25, 0.3) is 0 Å². The molecule has 0 bridgehead atoms. The van der Waals surface area contributed by atoms with Crippen LogP contribution in [0.2, 0.25) is 0 Å². The van der Waals surface area contributed by atoms with Crippen molar-refractivity contribution in [3.8, 4) is 0 Å². The lowest BCUT2D eigenvalue weighted by Gasteiger charge is -2.20. The molecule has 0 aliphatic heterocycles. The highest BCUT2D eigenvalue weighted by molar-refractivity contribution is 5.96. The van der Waals surface area contributed by atoms with E-state index in [0.717, 1.165) is 42.5 Å². The summed E-state index contributed by atoms with van der Waals surface area (Å²) >= 11 is 0. The largest absolute Gasteiger partial charge is 0.347 e. The molecule has 2 rings (SSSR count). The molecule has 0 radical (unpaired) electrons. The minimum Gasteiger partial charge on any atom is -0.347 e. The number of benzene rings is 1. The van der Waals surface area contributed by atoms with Gasteiger partial charge in [0.05, 0.1) is 6.54 Å². The molecule has 0 heterocycles. The third kappa shape index (κ3) is 4.33. The van der Waals surface area contributed by atoms with Crippen LogP contribution >= 0.6 is 0 Å². The van der Waals surface area contributed by atoms with Gasteiger partial charge in [0, 0.05) is 11.6 Å². The first-order valence-corrected chi connectivity index (χ1v) is 8.13. The van der Waals surface area contributed by atoms with Gasteiger partial charge in [-0.1, -0.05) is 37.0 Å². The molecule has 0 atom stereocenters. The summed E-state index contributed by atoms with van der Waals surface area (Å²) in [7, 11) is 0. The van der Waals surface area contributed by atoms with Crippen molar-refractivity contribution in [2.24, 2.45) is 5.92 Å². The summed E-state index contributed by atoms with van der Waals surface area (Å²) in [5.41, 5.74) is 4.12. The Bertz CT molecular complexity index is 537. The molecular weight excluding hydrogens is 276 g/mol. The van der Waals surface area contributed by atoms with Gasteiger partial charge in [-0.05, 0) is 44.7 Å². The molecule has 22 heavy (non-hydrogen) atoms. The van der Waals surface area contributed by atoms with Crippen molar-refractivity contribution in [2.45, 2.75) is 52.9 Å². The molecule has 0 aromatic heterocycles. The van der Waals surface area contributed by atoms with Crippen molar-refractivity contribution in [1.29, 1.82) is 0 Å². The summed E-state index contributed by atoms with van der Waals surface area (Å²) in [6.45, 7) is 6.05. The zero-order chi connectivity index (χ0) is 16.1. The highest BCUT2D eigenvalue weighted by atomic mass is 16.2. The van der Waals surface area contributed by atoms with Crippen LogP contribution in [0.3, 0.4) is 0 Å². The highest BCUT2D eigenvalue weighted by Gasteiger charge is 2.21. The molecule has 2 amide bonds. The van der Waals surface area contributed by atoms with E-state index in [4.69, 9.17) is 0 Å². The Balaban J connectivity index is 1.87. The normalized spacial score (nSPS) is 15.4. The molecule has 1 aliphatic carbocycles. The van der Waals surface area contributed by atoms with Crippen LogP contribution in [0.5, 0.6) is 0 Å². The Morgan fingerprint density at radius 2 is 1.64 bits per heavy atom. The van der Waals surface area contributed by atoms with E-state index in [-0.39, 0.29) is 24.3 Å². The lowest BCUT2D eigenvalue weighted by Crippen LogP contribution is -2.37. The van der Waals surface area contributed by atoms with Gasteiger partial charge < -0.3 is 10.6 Å². The SMILES string of the molecule is Cc1cc(C)c(NC(=O)CNC(=O)C2CCCCC2)c(C)c1. The number of aryl methyl sites for hydroxylation is 3. The number of hydrogen-bond acceptors (Lipinski definition) is 2. The van der Waals surface area contributed by atoms with Crippen molar-refractivity contribution in [1.82, 2.24) is 5.32 Å². The minimum atomic E-state index is -0.167. The van der Waals surface area contributed by atoms with Crippen molar-refractivity contribution in [3.63, 3.8) is 0 Å². The van der Waals surface area contributed by atoms with E-state index in [0.29, 0.717) is 0 Å². The maximum atomic E-state index is 12.1. The fourth-order valence-corrected chi connectivity index (χ4v) is 3.24. The Morgan fingerprint density at radius 3 is 2.23 bits per heavy atom. The van der Waals surface area contributed by atoms with Crippen molar-refractivity contribution < 1.29 is 9.59 Å². The lowest BCUT2D eigenvalue weighted by molar-refractivity contribution is -0.128. The Morgan fingerprint density at radius 1 is 1.05 bits per heavy atom. The molecule has 2 N–H and O–H groups in total. The van der Waals surface area contributed by atoms with E-state index < -0.39 is 0 Å².